The van der Waals surface area contributed by atoms with Crippen molar-refractivity contribution in [2.45, 2.75) is 73.0 Å². The molecule has 0 amide bonds. The van der Waals surface area contributed by atoms with E-state index < -0.39 is 0 Å². The molecule has 0 aromatic rings. The van der Waals surface area contributed by atoms with Gasteiger partial charge in [0.25, 0.3) is 0 Å². The summed E-state index contributed by atoms with van der Waals surface area (Å²) >= 11 is 0. The predicted molar refractivity (Wildman–Crippen MR) is 100 cm³/mol. The van der Waals surface area contributed by atoms with E-state index in [0.717, 1.165) is 36.6 Å². The minimum Gasteiger partial charge on any atom is -0.314 e. The van der Waals surface area contributed by atoms with E-state index in [9.17, 15) is 0 Å². The van der Waals surface area contributed by atoms with Gasteiger partial charge < -0.3 is 10.6 Å². The van der Waals surface area contributed by atoms with Crippen molar-refractivity contribution >= 4 is 0 Å². The molecule has 3 heteroatoms. The third-order valence-corrected chi connectivity index (χ3v) is 5.37. The monoisotopic (exact) mass is 313 g/mol. The summed E-state index contributed by atoms with van der Waals surface area (Å²) in [6, 6.07) is 0.493. The molecule has 2 N–H and O–H groups in total. The molecule has 0 aliphatic rings. The maximum absolute atomic E-state index is 3.50. The number of hydrogen-bond acceptors (Lipinski definition) is 3. The van der Waals surface area contributed by atoms with Gasteiger partial charge in [-0.3, -0.25) is 4.90 Å². The fourth-order valence-corrected chi connectivity index (χ4v) is 4.53. The van der Waals surface area contributed by atoms with E-state index in [1.54, 1.807) is 0 Å². The molecule has 22 heavy (non-hydrogen) atoms. The summed E-state index contributed by atoms with van der Waals surface area (Å²) in [6.45, 7) is 15.4. The zero-order chi connectivity index (χ0) is 17.3. The van der Waals surface area contributed by atoms with Crippen LogP contribution in [0.2, 0.25) is 0 Å². The van der Waals surface area contributed by atoms with Gasteiger partial charge in [0, 0.05) is 12.6 Å². The maximum Gasteiger partial charge on any atom is 0.0750 e. The van der Waals surface area contributed by atoms with Gasteiger partial charge in [0.15, 0.2) is 0 Å². The third kappa shape index (κ3) is 6.55. The lowest BCUT2D eigenvalue weighted by molar-refractivity contribution is 0.0958. The molecule has 0 heterocycles. The van der Waals surface area contributed by atoms with Crippen LogP contribution in [0.1, 0.15) is 60.8 Å². The number of nitrogens with one attached hydrogen (secondary N) is 2. The van der Waals surface area contributed by atoms with Crippen molar-refractivity contribution < 1.29 is 0 Å². The summed E-state index contributed by atoms with van der Waals surface area (Å²) in [6.07, 6.45) is 4.18. The van der Waals surface area contributed by atoms with E-state index in [1.807, 2.05) is 0 Å². The average Bonchev–Trinajstić information content (AvgIpc) is 2.44. The van der Waals surface area contributed by atoms with Crippen molar-refractivity contribution in [2.75, 3.05) is 27.7 Å². The Balaban J connectivity index is 4.85. The Morgan fingerprint density at radius 2 is 1.50 bits per heavy atom. The van der Waals surface area contributed by atoms with Crippen molar-refractivity contribution in [3.8, 4) is 0 Å². The molecule has 5 unspecified atom stereocenters. The molecule has 0 aromatic heterocycles. The predicted octanol–water partition coefficient (Wildman–Crippen LogP) is 3.81. The second-order valence-corrected chi connectivity index (χ2v) is 7.54. The van der Waals surface area contributed by atoms with Gasteiger partial charge in [-0.1, -0.05) is 54.4 Å². The molecular formula is C19H43N3. The molecule has 134 valence electrons. The maximum atomic E-state index is 3.50. The molecule has 3 nitrogen and oxygen atoms in total. The van der Waals surface area contributed by atoms with Crippen molar-refractivity contribution in [3.63, 3.8) is 0 Å². The number of nitrogens with zero attached hydrogens (tertiary/aromatic N) is 1. The van der Waals surface area contributed by atoms with Gasteiger partial charge in [-0.25, -0.2) is 0 Å². The van der Waals surface area contributed by atoms with E-state index >= 15 is 0 Å². The molecule has 0 aromatic carbocycles. The highest BCUT2D eigenvalue weighted by atomic mass is 15.3. The fraction of sp³-hybridized carbons (Fsp3) is 1.00. The normalized spacial score (nSPS) is 19.2. The van der Waals surface area contributed by atoms with Crippen LogP contribution >= 0.6 is 0 Å². The van der Waals surface area contributed by atoms with Gasteiger partial charge in [-0.05, 0) is 51.2 Å². The first-order chi connectivity index (χ1) is 10.3. The van der Waals surface area contributed by atoms with Crippen molar-refractivity contribution in [1.82, 2.24) is 15.5 Å². The summed E-state index contributed by atoms with van der Waals surface area (Å²) < 4.78 is 0. The van der Waals surface area contributed by atoms with E-state index in [-0.39, 0.29) is 0 Å². The second kappa shape index (κ2) is 11.4. The Hall–Kier alpha value is -0.120. The van der Waals surface area contributed by atoms with E-state index in [0.29, 0.717) is 12.2 Å². The van der Waals surface area contributed by atoms with Crippen LogP contribution in [0.15, 0.2) is 0 Å². The lowest BCUT2D eigenvalue weighted by Gasteiger charge is -2.39. The smallest absolute Gasteiger partial charge is 0.0750 e. The van der Waals surface area contributed by atoms with Gasteiger partial charge in [-0.2, -0.15) is 0 Å². The van der Waals surface area contributed by atoms with Crippen LogP contribution in [0.3, 0.4) is 0 Å². The SMILES string of the molecule is CCCC(C)C(C(C)C)C(C)CN(C)C(NC)C(CC)NC. The Bertz CT molecular complexity index is 263. The summed E-state index contributed by atoms with van der Waals surface area (Å²) in [4.78, 5) is 2.50. The molecule has 0 fully saturated rings. The number of hydrogen-bond donors (Lipinski definition) is 2. The molecule has 0 rings (SSSR count). The number of rotatable bonds is 12. The van der Waals surface area contributed by atoms with Gasteiger partial charge in [0.2, 0.25) is 0 Å². The highest BCUT2D eigenvalue weighted by molar-refractivity contribution is 4.82. The Morgan fingerprint density at radius 1 is 0.909 bits per heavy atom. The molecule has 0 saturated carbocycles. The Labute approximate surface area is 140 Å². The first-order valence-electron chi connectivity index (χ1n) is 9.38. The van der Waals surface area contributed by atoms with E-state index in [4.69, 9.17) is 0 Å². The quantitative estimate of drug-likeness (QED) is 0.537. The minimum absolute atomic E-state index is 0.395. The third-order valence-electron chi connectivity index (χ3n) is 5.37. The van der Waals surface area contributed by atoms with Crippen LogP contribution in [0, 0.1) is 23.7 Å². The van der Waals surface area contributed by atoms with Gasteiger partial charge in [0.1, 0.15) is 0 Å². The van der Waals surface area contributed by atoms with Crippen molar-refractivity contribution in [3.05, 3.63) is 0 Å². The summed E-state index contributed by atoms with van der Waals surface area (Å²) in [5.74, 6) is 3.09. The van der Waals surface area contributed by atoms with Crippen LogP contribution in [0.4, 0.5) is 0 Å². The van der Waals surface area contributed by atoms with Crippen molar-refractivity contribution in [2.24, 2.45) is 23.7 Å². The highest BCUT2D eigenvalue weighted by Gasteiger charge is 2.29. The van der Waals surface area contributed by atoms with Crippen LogP contribution in [-0.2, 0) is 0 Å². The molecule has 0 radical (unpaired) electrons. The molecule has 0 bridgehead atoms. The zero-order valence-electron chi connectivity index (χ0n) is 16.7. The van der Waals surface area contributed by atoms with E-state index in [2.05, 4.69) is 78.2 Å². The van der Waals surface area contributed by atoms with Crippen LogP contribution in [0.5, 0.6) is 0 Å². The zero-order valence-corrected chi connectivity index (χ0v) is 16.7. The average molecular weight is 314 g/mol. The molecule has 0 spiro atoms. The Morgan fingerprint density at radius 3 is 1.86 bits per heavy atom. The Kier molecular flexibility index (Phi) is 11.4. The van der Waals surface area contributed by atoms with Gasteiger partial charge >= 0.3 is 0 Å². The first-order valence-corrected chi connectivity index (χ1v) is 9.38. The molecular weight excluding hydrogens is 270 g/mol. The molecule has 5 atom stereocenters. The first kappa shape index (κ1) is 21.9. The largest absolute Gasteiger partial charge is 0.314 e. The standard InChI is InChI=1S/C19H43N3/c1-10-12-15(5)18(14(3)4)16(6)13-22(9)19(21-8)17(11-2)20-7/h14-21H,10-13H2,1-9H3. The molecule has 0 aliphatic heterocycles. The van der Waals surface area contributed by atoms with Crippen LogP contribution in [-0.4, -0.2) is 44.8 Å². The van der Waals surface area contributed by atoms with Gasteiger partial charge in [-0.15, -0.1) is 0 Å². The van der Waals surface area contributed by atoms with E-state index in [1.165, 1.54) is 12.8 Å². The lowest BCUT2D eigenvalue weighted by atomic mass is 9.74. The highest BCUT2D eigenvalue weighted by Crippen LogP contribution is 2.32. The molecule has 0 saturated heterocycles. The fourth-order valence-electron chi connectivity index (χ4n) is 4.53. The van der Waals surface area contributed by atoms with Gasteiger partial charge in [0.05, 0.1) is 6.17 Å². The minimum atomic E-state index is 0.395. The topological polar surface area (TPSA) is 27.3 Å². The summed E-state index contributed by atoms with van der Waals surface area (Å²) in [5, 5.41) is 6.94. The molecule has 0 aliphatic carbocycles. The summed E-state index contributed by atoms with van der Waals surface area (Å²) in [5.41, 5.74) is 0. The second-order valence-electron chi connectivity index (χ2n) is 7.54. The number of likely N-dealkylation sites (N-methyl/N-ethyl adjacent to an activating group) is 3. The van der Waals surface area contributed by atoms with Crippen LogP contribution in [0.25, 0.3) is 0 Å². The summed E-state index contributed by atoms with van der Waals surface area (Å²) in [7, 11) is 6.40. The van der Waals surface area contributed by atoms with Crippen molar-refractivity contribution in [1.29, 1.82) is 0 Å². The van der Waals surface area contributed by atoms with Crippen LogP contribution < -0.4 is 10.6 Å². The lowest BCUT2D eigenvalue weighted by Crippen LogP contribution is -2.55.